The van der Waals surface area contributed by atoms with Gasteiger partial charge in [-0.15, -0.1) is 0 Å². The van der Waals surface area contributed by atoms with Gasteiger partial charge in [0.1, 0.15) is 0 Å². The zero-order valence-corrected chi connectivity index (χ0v) is 17.0. The fourth-order valence-corrected chi connectivity index (χ4v) is 5.00. The van der Waals surface area contributed by atoms with Crippen molar-refractivity contribution in [2.75, 3.05) is 31.7 Å². The van der Waals surface area contributed by atoms with Gasteiger partial charge in [0.15, 0.2) is 9.84 Å². The van der Waals surface area contributed by atoms with E-state index in [1.165, 1.54) is 7.11 Å². The molecule has 0 N–H and O–H groups in total. The number of benzene rings is 2. The normalized spacial score (nSPS) is 16.6. The smallest absolute Gasteiger partial charge is 0.340 e. The Bertz CT molecular complexity index is 1150. The van der Waals surface area contributed by atoms with Crippen LogP contribution in [0.3, 0.4) is 0 Å². The van der Waals surface area contributed by atoms with Gasteiger partial charge in [0.2, 0.25) is 0 Å². The summed E-state index contributed by atoms with van der Waals surface area (Å²) in [5.74, 6) is -0.193. The van der Waals surface area contributed by atoms with Crippen LogP contribution in [0.5, 0.6) is 0 Å². The lowest BCUT2D eigenvalue weighted by molar-refractivity contribution is 0.0598. The number of rotatable bonds is 4. The molecule has 1 fully saturated rings. The Morgan fingerprint density at radius 2 is 1.69 bits per heavy atom. The van der Waals surface area contributed by atoms with E-state index in [-0.39, 0.29) is 11.5 Å². The van der Waals surface area contributed by atoms with Gasteiger partial charge in [0, 0.05) is 30.6 Å². The number of hydrogen-bond acceptors (Lipinski definition) is 6. The molecule has 7 heteroatoms. The van der Waals surface area contributed by atoms with Gasteiger partial charge in [-0.25, -0.2) is 13.2 Å². The molecule has 1 saturated heterocycles. The number of para-hydroxylation sites is 1. The minimum Gasteiger partial charge on any atom is -0.465 e. The molecule has 1 aliphatic heterocycles. The minimum absolute atomic E-state index is 0.125. The number of nitrogens with zero attached hydrogens (tertiary/aromatic N) is 2. The van der Waals surface area contributed by atoms with Gasteiger partial charge in [-0.3, -0.25) is 9.88 Å². The molecule has 4 rings (SSSR count). The largest absolute Gasteiger partial charge is 0.465 e. The van der Waals surface area contributed by atoms with Gasteiger partial charge in [-0.05, 0) is 11.6 Å². The van der Waals surface area contributed by atoms with Crippen molar-refractivity contribution in [3.63, 3.8) is 0 Å². The number of pyridine rings is 1. The number of methoxy groups -OCH3 is 1. The SMILES string of the molecule is COC(=O)c1c(CN2CCS(=O)(=O)CC2)nc2ccccc2c1-c1ccccc1. The summed E-state index contributed by atoms with van der Waals surface area (Å²) in [5, 5.41) is 0.879. The highest BCUT2D eigenvalue weighted by Crippen LogP contribution is 2.34. The molecule has 1 aromatic heterocycles. The first kappa shape index (κ1) is 19.5. The lowest BCUT2D eigenvalue weighted by Crippen LogP contribution is -2.40. The van der Waals surface area contributed by atoms with Gasteiger partial charge in [0.25, 0.3) is 0 Å². The summed E-state index contributed by atoms with van der Waals surface area (Å²) >= 11 is 0. The number of esters is 1. The van der Waals surface area contributed by atoms with Crippen LogP contribution in [0.15, 0.2) is 54.6 Å². The molecule has 0 unspecified atom stereocenters. The number of carbonyl (C=O) groups is 1. The summed E-state index contributed by atoms with van der Waals surface area (Å²) in [4.78, 5) is 19.6. The second-order valence-electron chi connectivity index (χ2n) is 7.11. The molecule has 0 bridgehead atoms. The molecule has 0 atom stereocenters. The third kappa shape index (κ3) is 4.02. The highest BCUT2D eigenvalue weighted by Gasteiger charge is 2.27. The fraction of sp³-hybridized carbons (Fsp3) is 0.273. The van der Waals surface area contributed by atoms with E-state index < -0.39 is 15.8 Å². The van der Waals surface area contributed by atoms with Crippen molar-refractivity contribution in [2.45, 2.75) is 6.54 Å². The highest BCUT2D eigenvalue weighted by molar-refractivity contribution is 7.91. The Morgan fingerprint density at radius 1 is 1.03 bits per heavy atom. The van der Waals surface area contributed by atoms with Crippen LogP contribution in [-0.2, 0) is 21.1 Å². The fourth-order valence-electron chi connectivity index (χ4n) is 3.72. The highest BCUT2D eigenvalue weighted by atomic mass is 32.2. The van der Waals surface area contributed by atoms with Crippen molar-refractivity contribution in [3.8, 4) is 11.1 Å². The Labute approximate surface area is 170 Å². The van der Waals surface area contributed by atoms with Crippen molar-refractivity contribution in [1.82, 2.24) is 9.88 Å². The van der Waals surface area contributed by atoms with Crippen LogP contribution in [0.4, 0.5) is 0 Å². The first-order valence-electron chi connectivity index (χ1n) is 9.46. The Kier molecular flexibility index (Phi) is 5.34. The molecule has 29 heavy (non-hydrogen) atoms. The summed E-state index contributed by atoms with van der Waals surface area (Å²) in [6.45, 7) is 1.25. The zero-order valence-electron chi connectivity index (χ0n) is 16.2. The van der Waals surface area contributed by atoms with Crippen LogP contribution in [0, 0.1) is 0 Å². The quantitative estimate of drug-likeness (QED) is 0.616. The molecule has 0 saturated carbocycles. The van der Waals surface area contributed by atoms with Crippen LogP contribution >= 0.6 is 0 Å². The van der Waals surface area contributed by atoms with Crippen molar-refractivity contribution in [1.29, 1.82) is 0 Å². The zero-order chi connectivity index (χ0) is 20.4. The first-order chi connectivity index (χ1) is 14.0. The number of carbonyl (C=O) groups excluding carboxylic acids is 1. The Morgan fingerprint density at radius 3 is 2.38 bits per heavy atom. The summed E-state index contributed by atoms with van der Waals surface area (Å²) in [6.07, 6.45) is 0. The van der Waals surface area contributed by atoms with Crippen LogP contribution < -0.4 is 0 Å². The summed E-state index contributed by atoms with van der Waals surface area (Å²) in [5.41, 5.74) is 3.54. The van der Waals surface area contributed by atoms with Gasteiger partial charge in [-0.2, -0.15) is 0 Å². The molecule has 1 aliphatic rings. The predicted octanol–water partition coefficient (Wildman–Crippen LogP) is 2.92. The van der Waals surface area contributed by atoms with E-state index in [1.807, 2.05) is 59.5 Å². The average Bonchev–Trinajstić information content (AvgIpc) is 2.74. The van der Waals surface area contributed by atoms with Gasteiger partial charge >= 0.3 is 5.97 Å². The van der Waals surface area contributed by atoms with E-state index in [1.54, 1.807) is 0 Å². The van der Waals surface area contributed by atoms with E-state index >= 15 is 0 Å². The predicted molar refractivity (Wildman–Crippen MR) is 112 cm³/mol. The van der Waals surface area contributed by atoms with E-state index in [0.29, 0.717) is 30.9 Å². The standard InChI is InChI=1S/C22H22N2O4S/c1-28-22(25)21-19(15-24-11-13-29(26,27)14-12-24)23-18-10-6-5-9-17(18)20(21)16-7-3-2-4-8-16/h2-10H,11-15H2,1H3. The topological polar surface area (TPSA) is 76.6 Å². The molecule has 0 radical (unpaired) electrons. The van der Waals surface area contributed by atoms with E-state index in [0.717, 1.165) is 22.0 Å². The Hall–Kier alpha value is -2.77. The van der Waals surface area contributed by atoms with Gasteiger partial charge in [0.05, 0.1) is 35.4 Å². The number of aromatic nitrogens is 1. The van der Waals surface area contributed by atoms with Crippen molar-refractivity contribution >= 4 is 26.7 Å². The molecule has 0 spiro atoms. The van der Waals surface area contributed by atoms with E-state index in [9.17, 15) is 13.2 Å². The first-order valence-corrected chi connectivity index (χ1v) is 11.3. The molecular formula is C22H22N2O4S. The maximum Gasteiger partial charge on any atom is 0.340 e. The molecule has 0 aliphatic carbocycles. The van der Waals surface area contributed by atoms with Gasteiger partial charge < -0.3 is 4.74 Å². The monoisotopic (exact) mass is 410 g/mol. The summed E-state index contributed by atoms with van der Waals surface area (Å²) in [6, 6.07) is 17.4. The summed E-state index contributed by atoms with van der Waals surface area (Å²) < 4.78 is 28.7. The van der Waals surface area contributed by atoms with E-state index in [4.69, 9.17) is 9.72 Å². The lowest BCUT2D eigenvalue weighted by atomic mass is 9.94. The molecule has 2 aromatic carbocycles. The number of fused-ring (bicyclic) bond motifs is 1. The number of ether oxygens (including phenoxy) is 1. The maximum absolute atomic E-state index is 12.8. The number of sulfone groups is 1. The van der Waals surface area contributed by atoms with Crippen molar-refractivity contribution in [2.24, 2.45) is 0 Å². The maximum atomic E-state index is 12.8. The second kappa shape index (κ2) is 7.93. The van der Waals surface area contributed by atoms with Crippen LogP contribution in [0.25, 0.3) is 22.0 Å². The molecule has 6 nitrogen and oxygen atoms in total. The third-order valence-corrected chi connectivity index (χ3v) is 6.84. The van der Waals surface area contributed by atoms with Crippen LogP contribution in [0.1, 0.15) is 16.1 Å². The van der Waals surface area contributed by atoms with Gasteiger partial charge in [-0.1, -0.05) is 48.5 Å². The van der Waals surface area contributed by atoms with Crippen molar-refractivity contribution < 1.29 is 17.9 Å². The third-order valence-electron chi connectivity index (χ3n) is 5.23. The minimum atomic E-state index is -2.98. The Balaban J connectivity index is 1.89. The molecule has 150 valence electrons. The molecular weight excluding hydrogens is 388 g/mol. The number of hydrogen-bond donors (Lipinski definition) is 0. The van der Waals surface area contributed by atoms with Crippen LogP contribution in [0.2, 0.25) is 0 Å². The second-order valence-corrected chi connectivity index (χ2v) is 9.41. The molecule has 3 aromatic rings. The van der Waals surface area contributed by atoms with E-state index in [2.05, 4.69) is 0 Å². The average molecular weight is 410 g/mol. The molecule has 2 heterocycles. The molecule has 0 amide bonds. The summed E-state index contributed by atoms with van der Waals surface area (Å²) in [7, 11) is -1.61. The van der Waals surface area contributed by atoms with Crippen LogP contribution in [-0.4, -0.2) is 56.0 Å². The van der Waals surface area contributed by atoms with Crippen molar-refractivity contribution in [3.05, 3.63) is 65.9 Å². The lowest BCUT2D eigenvalue weighted by Gasteiger charge is -2.27.